The molecule has 0 atom stereocenters. The summed E-state index contributed by atoms with van der Waals surface area (Å²) < 4.78 is 17.0. The molecule has 1 N–H and O–H groups in total. The summed E-state index contributed by atoms with van der Waals surface area (Å²) in [6, 6.07) is 13.5. The van der Waals surface area contributed by atoms with E-state index in [0.717, 1.165) is 5.75 Å². The summed E-state index contributed by atoms with van der Waals surface area (Å²) in [6.45, 7) is 7.69. The molecule has 0 bridgehead atoms. The van der Waals surface area contributed by atoms with Crippen LogP contribution in [0, 0.1) is 0 Å². The SMILES string of the molecule is CCOc1cc(C(=O)NCCSc2ccccc2)cc(OCC)c1OCC. The average molecular weight is 390 g/mol. The van der Waals surface area contributed by atoms with Gasteiger partial charge in [0.1, 0.15) is 0 Å². The molecule has 0 spiro atoms. The summed E-state index contributed by atoms with van der Waals surface area (Å²) in [7, 11) is 0. The predicted octanol–water partition coefficient (Wildman–Crippen LogP) is 4.40. The molecule has 0 aliphatic rings. The highest BCUT2D eigenvalue weighted by molar-refractivity contribution is 7.99. The van der Waals surface area contributed by atoms with E-state index in [9.17, 15) is 4.79 Å². The Balaban J connectivity index is 2.05. The van der Waals surface area contributed by atoms with Crippen molar-refractivity contribution < 1.29 is 19.0 Å². The first-order valence-electron chi connectivity index (χ1n) is 9.22. The second-order valence-corrected chi connectivity index (χ2v) is 6.69. The van der Waals surface area contributed by atoms with E-state index in [-0.39, 0.29) is 5.91 Å². The van der Waals surface area contributed by atoms with E-state index in [1.54, 1.807) is 23.9 Å². The van der Waals surface area contributed by atoms with Gasteiger partial charge in [0.2, 0.25) is 5.75 Å². The Kier molecular flexibility index (Phi) is 8.84. The lowest BCUT2D eigenvalue weighted by molar-refractivity contribution is 0.0955. The number of benzene rings is 2. The van der Waals surface area contributed by atoms with Gasteiger partial charge in [0.25, 0.3) is 5.91 Å². The van der Waals surface area contributed by atoms with Crippen LogP contribution in [-0.4, -0.2) is 38.0 Å². The molecule has 0 aliphatic heterocycles. The second kappa shape index (κ2) is 11.4. The second-order valence-electron chi connectivity index (χ2n) is 5.52. The van der Waals surface area contributed by atoms with Gasteiger partial charge >= 0.3 is 0 Å². The van der Waals surface area contributed by atoms with Crippen molar-refractivity contribution in [1.82, 2.24) is 5.32 Å². The van der Waals surface area contributed by atoms with Gasteiger partial charge in [0.05, 0.1) is 19.8 Å². The van der Waals surface area contributed by atoms with Gasteiger partial charge in [-0.15, -0.1) is 11.8 Å². The van der Waals surface area contributed by atoms with E-state index in [2.05, 4.69) is 17.4 Å². The highest BCUT2D eigenvalue weighted by Gasteiger charge is 2.18. The number of hydrogen-bond donors (Lipinski definition) is 1. The molecule has 2 rings (SSSR count). The first kappa shape index (κ1) is 21.0. The van der Waals surface area contributed by atoms with Crippen LogP contribution in [0.25, 0.3) is 0 Å². The fourth-order valence-corrected chi connectivity index (χ4v) is 3.26. The minimum Gasteiger partial charge on any atom is -0.490 e. The normalized spacial score (nSPS) is 10.3. The summed E-state index contributed by atoms with van der Waals surface area (Å²) in [6.07, 6.45) is 0. The van der Waals surface area contributed by atoms with Gasteiger partial charge in [-0.05, 0) is 45.0 Å². The van der Waals surface area contributed by atoms with Gasteiger partial charge in [0.15, 0.2) is 11.5 Å². The minimum absolute atomic E-state index is 0.159. The van der Waals surface area contributed by atoms with E-state index in [4.69, 9.17) is 14.2 Å². The number of amides is 1. The molecular weight excluding hydrogens is 362 g/mol. The lowest BCUT2D eigenvalue weighted by Gasteiger charge is -2.17. The fraction of sp³-hybridized carbons (Fsp3) is 0.381. The highest BCUT2D eigenvalue weighted by Crippen LogP contribution is 2.39. The molecule has 0 fully saturated rings. The molecule has 2 aromatic carbocycles. The molecule has 0 saturated heterocycles. The van der Waals surface area contributed by atoms with Crippen LogP contribution >= 0.6 is 11.8 Å². The van der Waals surface area contributed by atoms with E-state index in [0.29, 0.717) is 49.2 Å². The predicted molar refractivity (Wildman–Crippen MR) is 109 cm³/mol. The van der Waals surface area contributed by atoms with E-state index in [1.165, 1.54) is 4.90 Å². The molecule has 0 radical (unpaired) electrons. The standard InChI is InChI=1S/C21H27NO4S/c1-4-24-18-14-16(15-19(25-5-2)20(18)26-6-3)21(23)22-12-13-27-17-10-8-7-9-11-17/h7-11,14-15H,4-6,12-13H2,1-3H3,(H,22,23). The first-order chi connectivity index (χ1) is 13.2. The zero-order chi connectivity index (χ0) is 19.5. The highest BCUT2D eigenvalue weighted by atomic mass is 32.2. The largest absolute Gasteiger partial charge is 0.490 e. The Morgan fingerprint density at radius 1 is 0.926 bits per heavy atom. The maximum absolute atomic E-state index is 12.6. The quantitative estimate of drug-likeness (QED) is 0.456. The van der Waals surface area contributed by atoms with Crippen molar-refractivity contribution in [3.8, 4) is 17.2 Å². The van der Waals surface area contributed by atoms with Crippen LogP contribution in [0.2, 0.25) is 0 Å². The summed E-state index contributed by atoms with van der Waals surface area (Å²) >= 11 is 1.71. The van der Waals surface area contributed by atoms with E-state index in [1.807, 2.05) is 39.0 Å². The number of carbonyl (C=O) groups excluding carboxylic acids is 1. The number of carbonyl (C=O) groups is 1. The van der Waals surface area contributed by atoms with Crippen molar-refractivity contribution >= 4 is 17.7 Å². The van der Waals surface area contributed by atoms with Crippen LogP contribution in [0.5, 0.6) is 17.2 Å². The van der Waals surface area contributed by atoms with Crippen LogP contribution in [0.1, 0.15) is 31.1 Å². The third-order valence-electron chi connectivity index (χ3n) is 3.57. The first-order valence-corrected chi connectivity index (χ1v) is 10.2. The topological polar surface area (TPSA) is 56.8 Å². The Labute approximate surface area is 165 Å². The summed E-state index contributed by atoms with van der Waals surface area (Å²) in [4.78, 5) is 13.8. The maximum Gasteiger partial charge on any atom is 0.251 e. The zero-order valence-corrected chi connectivity index (χ0v) is 16.9. The molecule has 0 saturated carbocycles. The number of hydrogen-bond acceptors (Lipinski definition) is 5. The Morgan fingerprint density at radius 3 is 2.07 bits per heavy atom. The molecule has 146 valence electrons. The summed E-state index contributed by atoms with van der Waals surface area (Å²) in [5, 5.41) is 2.95. The van der Waals surface area contributed by atoms with Crippen molar-refractivity contribution in [2.45, 2.75) is 25.7 Å². The van der Waals surface area contributed by atoms with Crippen LogP contribution in [0.15, 0.2) is 47.4 Å². The molecule has 27 heavy (non-hydrogen) atoms. The third-order valence-corrected chi connectivity index (χ3v) is 4.58. The molecule has 0 unspecified atom stereocenters. The van der Waals surface area contributed by atoms with Crippen LogP contribution in [0.3, 0.4) is 0 Å². The Hall–Kier alpha value is -2.34. The number of nitrogens with one attached hydrogen (secondary N) is 1. The molecule has 5 nitrogen and oxygen atoms in total. The summed E-state index contributed by atoms with van der Waals surface area (Å²) in [5.74, 6) is 2.22. The lowest BCUT2D eigenvalue weighted by atomic mass is 10.1. The number of rotatable bonds is 11. The van der Waals surface area contributed by atoms with Gasteiger partial charge in [-0.1, -0.05) is 18.2 Å². The van der Waals surface area contributed by atoms with E-state index < -0.39 is 0 Å². The van der Waals surface area contributed by atoms with Crippen LogP contribution in [0.4, 0.5) is 0 Å². The van der Waals surface area contributed by atoms with Gasteiger partial charge in [-0.3, -0.25) is 4.79 Å². The third kappa shape index (κ3) is 6.40. The number of thioether (sulfide) groups is 1. The van der Waals surface area contributed by atoms with Crippen molar-refractivity contribution in [2.75, 3.05) is 32.1 Å². The molecule has 0 aliphatic carbocycles. The monoisotopic (exact) mass is 389 g/mol. The van der Waals surface area contributed by atoms with Crippen molar-refractivity contribution in [1.29, 1.82) is 0 Å². The van der Waals surface area contributed by atoms with Crippen LogP contribution < -0.4 is 19.5 Å². The molecule has 2 aromatic rings. The smallest absolute Gasteiger partial charge is 0.251 e. The van der Waals surface area contributed by atoms with E-state index >= 15 is 0 Å². The fourth-order valence-electron chi connectivity index (χ4n) is 2.47. The molecule has 0 heterocycles. The zero-order valence-electron chi connectivity index (χ0n) is 16.1. The van der Waals surface area contributed by atoms with Crippen LogP contribution in [-0.2, 0) is 0 Å². The van der Waals surface area contributed by atoms with Crippen molar-refractivity contribution in [3.63, 3.8) is 0 Å². The molecular formula is C21H27NO4S. The van der Waals surface area contributed by atoms with Gasteiger partial charge in [0, 0.05) is 22.8 Å². The molecule has 1 amide bonds. The Bertz CT molecular complexity index is 694. The van der Waals surface area contributed by atoms with Gasteiger partial charge < -0.3 is 19.5 Å². The maximum atomic E-state index is 12.6. The Morgan fingerprint density at radius 2 is 1.52 bits per heavy atom. The van der Waals surface area contributed by atoms with Gasteiger partial charge in [-0.25, -0.2) is 0 Å². The molecule has 6 heteroatoms. The lowest BCUT2D eigenvalue weighted by Crippen LogP contribution is -2.25. The number of ether oxygens (including phenoxy) is 3. The van der Waals surface area contributed by atoms with Gasteiger partial charge in [-0.2, -0.15) is 0 Å². The van der Waals surface area contributed by atoms with Crippen molar-refractivity contribution in [2.24, 2.45) is 0 Å². The summed E-state index contributed by atoms with van der Waals surface area (Å²) in [5.41, 5.74) is 0.495. The molecule has 0 aromatic heterocycles. The minimum atomic E-state index is -0.159. The van der Waals surface area contributed by atoms with Crippen molar-refractivity contribution in [3.05, 3.63) is 48.0 Å². The average Bonchev–Trinajstić information content (AvgIpc) is 2.68.